The lowest BCUT2D eigenvalue weighted by Crippen LogP contribution is -2.62. The number of benzene rings is 2. The summed E-state index contributed by atoms with van der Waals surface area (Å²) in [6, 6.07) is 13.4. The zero-order valence-corrected chi connectivity index (χ0v) is 15.5. The SMILES string of the molecule is O=C1C(Cl)C(c2ccc([N+](=O)[O-])cc2)N1NCCCn1nnc2ccccc21. The number of hydrogen-bond donors (Lipinski definition) is 1. The number of nitro benzene ring substituents is 1. The number of nitrogens with one attached hydrogen (secondary N) is 1. The molecule has 0 saturated carbocycles. The largest absolute Gasteiger partial charge is 0.272 e. The van der Waals surface area contributed by atoms with Gasteiger partial charge in [-0.05, 0) is 24.1 Å². The number of aryl methyl sites for hydroxylation is 1. The summed E-state index contributed by atoms with van der Waals surface area (Å²) in [7, 11) is 0. The van der Waals surface area contributed by atoms with Gasteiger partial charge >= 0.3 is 0 Å². The maximum atomic E-state index is 12.1. The van der Waals surface area contributed by atoms with Crippen molar-refractivity contribution in [2.45, 2.75) is 24.4 Å². The highest BCUT2D eigenvalue weighted by Crippen LogP contribution is 2.37. The predicted octanol–water partition coefficient (Wildman–Crippen LogP) is 2.43. The number of nitro groups is 1. The number of fused-ring (bicyclic) bond motifs is 1. The Morgan fingerprint density at radius 2 is 1.93 bits per heavy atom. The van der Waals surface area contributed by atoms with Crippen molar-refractivity contribution in [1.29, 1.82) is 0 Å². The predicted molar refractivity (Wildman–Crippen MR) is 102 cm³/mol. The van der Waals surface area contributed by atoms with E-state index in [4.69, 9.17) is 11.6 Å². The maximum Gasteiger partial charge on any atom is 0.269 e. The molecule has 1 amide bonds. The zero-order chi connectivity index (χ0) is 19.7. The fraction of sp³-hybridized carbons (Fsp3) is 0.278. The van der Waals surface area contributed by atoms with Gasteiger partial charge in [0.25, 0.3) is 11.6 Å². The van der Waals surface area contributed by atoms with Gasteiger partial charge in [0.1, 0.15) is 10.9 Å². The standard InChI is InChI=1S/C18H17ClN6O3/c19-16-17(12-6-8-13(9-7-12)25(27)28)24(18(16)26)20-10-3-11-23-15-5-2-1-4-14(15)21-22-23/h1-2,4-9,16-17,20H,3,10-11H2. The summed E-state index contributed by atoms with van der Waals surface area (Å²) in [6.45, 7) is 1.20. The van der Waals surface area contributed by atoms with Crippen LogP contribution < -0.4 is 5.43 Å². The van der Waals surface area contributed by atoms with E-state index in [-0.39, 0.29) is 17.6 Å². The van der Waals surface area contributed by atoms with Gasteiger partial charge in [-0.3, -0.25) is 19.9 Å². The Kier molecular flexibility index (Phi) is 4.93. The van der Waals surface area contributed by atoms with E-state index in [0.29, 0.717) is 13.1 Å². The number of hydrazine groups is 1. The van der Waals surface area contributed by atoms with Gasteiger partial charge in [0.2, 0.25) is 0 Å². The summed E-state index contributed by atoms with van der Waals surface area (Å²) < 4.78 is 1.83. The Labute approximate surface area is 165 Å². The van der Waals surface area contributed by atoms with Crippen molar-refractivity contribution >= 4 is 34.2 Å². The van der Waals surface area contributed by atoms with E-state index in [1.807, 2.05) is 28.9 Å². The number of hydrogen-bond acceptors (Lipinski definition) is 6. The smallest absolute Gasteiger partial charge is 0.269 e. The Bertz CT molecular complexity index is 1020. The van der Waals surface area contributed by atoms with Gasteiger partial charge in [0, 0.05) is 25.2 Å². The lowest BCUT2D eigenvalue weighted by atomic mass is 9.95. The zero-order valence-electron chi connectivity index (χ0n) is 14.7. The minimum atomic E-state index is -0.687. The van der Waals surface area contributed by atoms with Crippen LogP contribution in [0.1, 0.15) is 18.0 Å². The molecule has 1 fully saturated rings. The van der Waals surface area contributed by atoms with Crippen LogP contribution in [0, 0.1) is 10.1 Å². The molecule has 9 nitrogen and oxygen atoms in total. The Morgan fingerprint density at radius 1 is 1.18 bits per heavy atom. The molecule has 2 unspecified atom stereocenters. The minimum Gasteiger partial charge on any atom is -0.272 e. The molecule has 0 bridgehead atoms. The van der Waals surface area contributed by atoms with E-state index < -0.39 is 10.3 Å². The second-order valence-corrected chi connectivity index (χ2v) is 6.94. The van der Waals surface area contributed by atoms with Gasteiger partial charge in [0.05, 0.1) is 16.5 Å². The molecular weight excluding hydrogens is 384 g/mol. The quantitative estimate of drug-likeness (QED) is 0.214. The van der Waals surface area contributed by atoms with Gasteiger partial charge in [-0.1, -0.05) is 29.5 Å². The van der Waals surface area contributed by atoms with E-state index >= 15 is 0 Å². The third-order valence-electron chi connectivity index (χ3n) is 4.72. The maximum absolute atomic E-state index is 12.1. The summed E-state index contributed by atoms with van der Waals surface area (Å²) >= 11 is 6.17. The van der Waals surface area contributed by atoms with Crippen LogP contribution in [0.3, 0.4) is 0 Å². The number of halogens is 1. The van der Waals surface area contributed by atoms with E-state index in [1.165, 1.54) is 17.1 Å². The van der Waals surface area contributed by atoms with Crippen molar-refractivity contribution in [1.82, 2.24) is 25.4 Å². The molecule has 4 rings (SSSR count). The van der Waals surface area contributed by atoms with Crippen LogP contribution in [-0.4, -0.2) is 42.8 Å². The number of amides is 1. The summed E-state index contributed by atoms with van der Waals surface area (Å²) in [5.74, 6) is -0.212. The van der Waals surface area contributed by atoms with Gasteiger partial charge in [-0.25, -0.2) is 10.1 Å². The molecule has 2 atom stereocenters. The van der Waals surface area contributed by atoms with Crippen molar-refractivity contribution in [2.24, 2.45) is 0 Å². The molecule has 1 N–H and O–H groups in total. The first kappa shape index (κ1) is 18.3. The highest BCUT2D eigenvalue weighted by molar-refractivity contribution is 6.33. The molecule has 144 valence electrons. The molecule has 2 heterocycles. The molecule has 1 aromatic heterocycles. The van der Waals surface area contributed by atoms with Gasteiger partial charge < -0.3 is 0 Å². The van der Waals surface area contributed by atoms with Gasteiger partial charge in [0.15, 0.2) is 0 Å². The average molecular weight is 401 g/mol. The van der Waals surface area contributed by atoms with Crippen molar-refractivity contribution in [3.8, 4) is 0 Å². The number of aromatic nitrogens is 3. The summed E-state index contributed by atoms with van der Waals surface area (Å²) in [5, 5.41) is 19.8. The average Bonchev–Trinajstić information content (AvgIpc) is 3.13. The molecule has 0 aliphatic carbocycles. The van der Waals surface area contributed by atoms with Crippen LogP contribution in [-0.2, 0) is 11.3 Å². The van der Waals surface area contributed by atoms with Crippen LogP contribution in [0.15, 0.2) is 48.5 Å². The number of nitrogens with zero attached hydrogens (tertiary/aromatic N) is 5. The number of non-ortho nitro benzene ring substituents is 1. The van der Waals surface area contributed by atoms with Gasteiger partial charge in [-0.2, -0.15) is 0 Å². The third kappa shape index (κ3) is 3.30. The Balaban J connectivity index is 1.35. The third-order valence-corrected chi connectivity index (χ3v) is 5.15. The first-order valence-electron chi connectivity index (χ1n) is 8.79. The van der Waals surface area contributed by atoms with Crippen LogP contribution in [0.4, 0.5) is 5.69 Å². The Morgan fingerprint density at radius 3 is 2.68 bits per heavy atom. The summed E-state index contributed by atoms with van der Waals surface area (Å²) in [5.41, 5.74) is 5.66. The number of alkyl halides is 1. The summed E-state index contributed by atoms with van der Waals surface area (Å²) in [6.07, 6.45) is 0.733. The lowest BCUT2D eigenvalue weighted by Gasteiger charge is -2.44. The second-order valence-electron chi connectivity index (χ2n) is 6.47. The van der Waals surface area contributed by atoms with Crippen molar-refractivity contribution in [3.63, 3.8) is 0 Å². The molecular formula is C18H17ClN6O3. The normalized spacial score (nSPS) is 19.0. The molecule has 1 aliphatic rings. The van der Waals surface area contributed by atoms with Crippen LogP contribution in [0.5, 0.6) is 0 Å². The van der Waals surface area contributed by atoms with Crippen LogP contribution >= 0.6 is 11.6 Å². The molecule has 0 radical (unpaired) electrons. The number of para-hydroxylation sites is 1. The van der Waals surface area contributed by atoms with E-state index in [1.54, 1.807) is 12.1 Å². The van der Waals surface area contributed by atoms with E-state index in [9.17, 15) is 14.9 Å². The minimum absolute atomic E-state index is 0.0000836. The first-order valence-corrected chi connectivity index (χ1v) is 9.23. The molecule has 10 heteroatoms. The highest BCUT2D eigenvalue weighted by atomic mass is 35.5. The molecule has 3 aromatic rings. The number of carbonyl (C=O) groups excluding carboxylic acids is 1. The van der Waals surface area contributed by atoms with Crippen molar-refractivity contribution in [2.75, 3.05) is 6.54 Å². The lowest BCUT2D eigenvalue weighted by molar-refractivity contribution is -0.384. The Hall–Kier alpha value is -3.04. The second kappa shape index (κ2) is 7.53. The van der Waals surface area contributed by atoms with Crippen LogP contribution in [0.2, 0.25) is 0 Å². The number of carbonyl (C=O) groups is 1. The van der Waals surface area contributed by atoms with Gasteiger partial charge in [-0.15, -0.1) is 16.7 Å². The highest BCUT2D eigenvalue weighted by Gasteiger charge is 2.47. The fourth-order valence-corrected chi connectivity index (χ4v) is 3.62. The monoisotopic (exact) mass is 400 g/mol. The van der Waals surface area contributed by atoms with E-state index in [0.717, 1.165) is 23.0 Å². The van der Waals surface area contributed by atoms with Crippen molar-refractivity contribution in [3.05, 3.63) is 64.2 Å². The van der Waals surface area contributed by atoms with Crippen molar-refractivity contribution < 1.29 is 9.72 Å². The summed E-state index contributed by atoms with van der Waals surface area (Å²) in [4.78, 5) is 22.4. The molecule has 0 spiro atoms. The topological polar surface area (TPSA) is 106 Å². The number of rotatable bonds is 7. The molecule has 2 aromatic carbocycles. The number of β-lactam (4-membered cyclic amide) rings is 1. The molecule has 1 aliphatic heterocycles. The fourth-order valence-electron chi connectivity index (χ4n) is 3.25. The molecule has 1 saturated heterocycles. The first-order chi connectivity index (χ1) is 13.6. The van der Waals surface area contributed by atoms with Crippen LogP contribution in [0.25, 0.3) is 11.0 Å². The molecule has 28 heavy (non-hydrogen) atoms. The van der Waals surface area contributed by atoms with E-state index in [2.05, 4.69) is 15.7 Å².